The van der Waals surface area contributed by atoms with Crippen molar-refractivity contribution >= 4 is 12.2 Å². The average molecular weight is 486 g/mol. The normalized spacial score (nSPS) is 17.9. The van der Waals surface area contributed by atoms with Gasteiger partial charge in [0.1, 0.15) is 5.82 Å². The van der Waals surface area contributed by atoms with Gasteiger partial charge in [0.25, 0.3) is 5.91 Å². The van der Waals surface area contributed by atoms with Gasteiger partial charge in [-0.1, -0.05) is 37.1 Å². The Balaban J connectivity index is 1.31. The van der Waals surface area contributed by atoms with Crippen molar-refractivity contribution in [2.75, 3.05) is 13.1 Å². The number of nitrogens with zero attached hydrogens (tertiary/aromatic N) is 3. The summed E-state index contributed by atoms with van der Waals surface area (Å²) < 4.78 is 17.7. The highest BCUT2D eigenvalue weighted by Crippen LogP contribution is 2.42. The first-order chi connectivity index (χ1) is 17.6. The minimum Gasteiger partial charge on any atom is -0.338 e. The molecule has 0 N–H and O–H groups in total. The predicted molar refractivity (Wildman–Crippen MR) is 137 cm³/mol. The van der Waals surface area contributed by atoms with Crippen LogP contribution in [-0.4, -0.2) is 40.0 Å². The molecule has 0 radical (unpaired) electrons. The van der Waals surface area contributed by atoms with E-state index >= 15 is 4.39 Å². The third kappa shape index (κ3) is 4.61. The van der Waals surface area contributed by atoms with Crippen LogP contribution in [0.5, 0.6) is 0 Å². The minimum absolute atomic E-state index is 0.151. The summed E-state index contributed by atoms with van der Waals surface area (Å²) in [7, 11) is 0. The van der Waals surface area contributed by atoms with E-state index in [4.69, 9.17) is 0 Å². The molecule has 0 aliphatic heterocycles. The molecule has 2 aromatic carbocycles. The molecular formula is C30H32FN3O2. The van der Waals surface area contributed by atoms with Gasteiger partial charge in [-0.2, -0.15) is 5.10 Å². The Kier molecular flexibility index (Phi) is 6.20. The third-order valence-electron chi connectivity index (χ3n) is 7.97. The van der Waals surface area contributed by atoms with Crippen molar-refractivity contribution in [2.45, 2.75) is 57.3 Å². The molecule has 3 aromatic rings. The van der Waals surface area contributed by atoms with Gasteiger partial charge in [-0.05, 0) is 74.1 Å². The Morgan fingerprint density at radius 3 is 2.42 bits per heavy atom. The fraction of sp³-hybridized carbons (Fsp3) is 0.433. The second-order valence-corrected chi connectivity index (χ2v) is 10.8. The summed E-state index contributed by atoms with van der Waals surface area (Å²) >= 11 is 0. The van der Waals surface area contributed by atoms with E-state index in [9.17, 15) is 9.59 Å². The van der Waals surface area contributed by atoms with Crippen LogP contribution in [0.2, 0.25) is 0 Å². The van der Waals surface area contributed by atoms with Crippen LogP contribution in [0.3, 0.4) is 0 Å². The van der Waals surface area contributed by atoms with Crippen LogP contribution in [-0.2, 0) is 0 Å². The van der Waals surface area contributed by atoms with Crippen molar-refractivity contribution in [1.29, 1.82) is 0 Å². The fourth-order valence-electron chi connectivity index (χ4n) is 5.69. The molecule has 0 saturated heterocycles. The number of rotatable bonds is 9. The number of carbonyl (C=O) groups excluding carboxylic acids is 2. The maximum absolute atomic E-state index is 15.9. The van der Waals surface area contributed by atoms with E-state index in [1.807, 2.05) is 29.2 Å². The molecule has 0 spiro atoms. The Morgan fingerprint density at radius 2 is 1.72 bits per heavy atom. The zero-order chi connectivity index (χ0) is 24.6. The Labute approximate surface area is 211 Å². The number of hydrogen-bond acceptors (Lipinski definition) is 3. The summed E-state index contributed by atoms with van der Waals surface area (Å²) in [6.07, 6.45) is 11.6. The van der Waals surface area contributed by atoms with Gasteiger partial charge in [0, 0.05) is 24.6 Å². The first-order valence-electron chi connectivity index (χ1n) is 13.3. The van der Waals surface area contributed by atoms with Gasteiger partial charge in [-0.15, -0.1) is 0 Å². The number of aldehydes is 1. The Hall–Kier alpha value is -3.28. The molecule has 186 valence electrons. The first-order valence-corrected chi connectivity index (χ1v) is 13.3. The van der Waals surface area contributed by atoms with E-state index in [0.29, 0.717) is 34.4 Å². The standard InChI is InChI=1S/C30H32FN3O2/c31-28-26(23-7-3-8-25(15-23)34-29(22-13-14-22)24(19-35)16-32-34)9-4-10-27(28)30(36)33(18-21-11-12-21)17-20-5-1-2-6-20/h3-4,7-10,15-16,19-22H,1-2,5-6,11-14,17-18H2. The van der Waals surface area contributed by atoms with Gasteiger partial charge in [0.15, 0.2) is 6.29 Å². The van der Waals surface area contributed by atoms with Gasteiger partial charge in [-0.25, -0.2) is 9.07 Å². The summed E-state index contributed by atoms with van der Waals surface area (Å²) in [5.74, 6) is 0.767. The van der Waals surface area contributed by atoms with Crippen LogP contribution in [0, 0.1) is 17.7 Å². The van der Waals surface area contributed by atoms with Crippen molar-refractivity contribution in [2.24, 2.45) is 11.8 Å². The summed E-state index contributed by atoms with van der Waals surface area (Å²) in [6, 6.07) is 12.7. The molecule has 0 bridgehead atoms. The highest BCUT2D eigenvalue weighted by atomic mass is 19.1. The van der Waals surface area contributed by atoms with Crippen molar-refractivity contribution in [3.63, 3.8) is 0 Å². The van der Waals surface area contributed by atoms with Crippen LogP contribution >= 0.6 is 0 Å². The van der Waals surface area contributed by atoms with Gasteiger partial charge in [-0.3, -0.25) is 9.59 Å². The maximum atomic E-state index is 15.9. The highest BCUT2D eigenvalue weighted by Gasteiger charge is 2.32. The van der Waals surface area contributed by atoms with Crippen LogP contribution in [0.25, 0.3) is 16.8 Å². The number of halogens is 1. The first kappa shape index (κ1) is 23.1. The average Bonchev–Trinajstić information content (AvgIpc) is 3.82. The number of benzene rings is 2. The Bertz CT molecular complexity index is 1290. The molecule has 36 heavy (non-hydrogen) atoms. The SMILES string of the molecule is O=Cc1cnn(-c2cccc(-c3cccc(C(=O)N(CC4CCCC4)CC4CC4)c3F)c2)c1C1CC1. The zero-order valence-electron chi connectivity index (χ0n) is 20.5. The maximum Gasteiger partial charge on any atom is 0.256 e. The molecule has 6 rings (SSSR count). The topological polar surface area (TPSA) is 55.2 Å². The number of hydrogen-bond donors (Lipinski definition) is 0. The number of amides is 1. The van der Waals surface area contributed by atoms with Gasteiger partial charge in [0.2, 0.25) is 0 Å². The largest absolute Gasteiger partial charge is 0.338 e. The number of carbonyl (C=O) groups is 2. The molecule has 3 fully saturated rings. The molecule has 1 heterocycles. The van der Waals surface area contributed by atoms with E-state index in [1.165, 1.54) is 12.8 Å². The zero-order valence-corrected chi connectivity index (χ0v) is 20.5. The molecule has 3 saturated carbocycles. The summed E-state index contributed by atoms with van der Waals surface area (Å²) in [6.45, 7) is 1.47. The molecule has 3 aliphatic rings. The minimum atomic E-state index is -0.469. The van der Waals surface area contributed by atoms with Crippen LogP contribution in [0.15, 0.2) is 48.7 Å². The second kappa shape index (κ2) is 9.64. The molecule has 0 unspecified atom stereocenters. The lowest BCUT2D eigenvalue weighted by Crippen LogP contribution is -2.37. The third-order valence-corrected chi connectivity index (χ3v) is 7.97. The van der Waals surface area contributed by atoms with E-state index in [1.54, 1.807) is 29.1 Å². The van der Waals surface area contributed by atoms with Crippen LogP contribution < -0.4 is 0 Å². The van der Waals surface area contributed by atoms with Crippen molar-refractivity contribution in [3.8, 4) is 16.8 Å². The summed E-state index contributed by atoms with van der Waals surface area (Å²) in [5.41, 5.74) is 3.57. The molecule has 5 nitrogen and oxygen atoms in total. The fourth-order valence-corrected chi connectivity index (χ4v) is 5.69. The molecule has 0 atom stereocenters. The highest BCUT2D eigenvalue weighted by molar-refractivity contribution is 5.96. The van der Waals surface area contributed by atoms with Crippen molar-refractivity contribution in [3.05, 3.63) is 71.3 Å². The lowest BCUT2D eigenvalue weighted by molar-refractivity contribution is 0.0715. The Morgan fingerprint density at radius 1 is 1.00 bits per heavy atom. The van der Waals surface area contributed by atoms with Gasteiger partial charge < -0.3 is 4.90 Å². The smallest absolute Gasteiger partial charge is 0.256 e. The van der Waals surface area contributed by atoms with Crippen LogP contribution in [0.4, 0.5) is 4.39 Å². The molecule has 1 aromatic heterocycles. The lowest BCUT2D eigenvalue weighted by Gasteiger charge is -2.26. The molecule has 1 amide bonds. The number of aromatic nitrogens is 2. The summed E-state index contributed by atoms with van der Waals surface area (Å²) in [5, 5.41) is 4.46. The predicted octanol–water partition coefficient (Wildman–Crippen LogP) is 6.41. The van der Waals surface area contributed by atoms with E-state index < -0.39 is 5.82 Å². The van der Waals surface area contributed by atoms with Gasteiger partial charge >= 0.3 is 0 Å². The van der Waals surface area contributed by atoms with Crippen LogP contribution in [0.1, 0.15) is 83.7 Å². The lowest BCUT2D eigenvalue weighted by atomic mass is 10.00. The van der Waals surface area contributed by atoms with Crippen molar-refractivity contribution in [1.82, 2.24) is 14.7 Å². The quantitative estimate of drug-likeness (QED) is 0.329. The molecular weight excluding hydrogens is 453 g/mol. The van der Waals surface area contributed by atoms with E-state index in [-0.39, 0.29) is 11.5 Å². The van der Waals surface area contributed by atoms with E-state index in [0.717, 1.165) is 69.3 Å². The summed E-state index contributed by atoms with van der Waals surface area (Å²) in [4.78, 5) is 27.0. The second-order valence-electron chi connectivity index (χ2n) is 10.8. The van der Waals surface area contributed by atoms with Crippen molar-refractivity contribution < 1.29 is 14.0 Å². The van der Waals surface area contributed by atoms with E-state index in [2.05, 4.69) is 5.10 Å². The molecule has 3 aliphatic carbocycles. The monoisotopic (exact) mass is 485 g/mol. The molecule has 6 heteroatoms. The van der Waals surface area contributed by atoms with Gasteiger partial charge in [0.05, 0.1) is 28.7 Å².